The van der Waals surface area contributed by atoms with Crippen LogP contribution in [0.3, 0.4) is 0 Å². The predicted molar refractivity (Wildman–Crippen MR) is 75.2 cm³/mol. The molecule has 2 heterocycles. The zero-order valence-corrected chi connectivity index (χ0v) is 11.3. The third kappa shape index (κ3) is 2.39. The number of aromatic nitrogens is 2. The van der Waals surface area contributed by atoms with Gasteiger partial charge in [0.1, 0.15) is 0 Å². The number of hydrogen-bond acceptors (Lipinski definition) is 3. The van der Waals surface area contributed by atoms with Crippen LogP contribution in [0, 0.1) is 0 Å². The molecule has 0 radical (unpaired) electrons. The second-order valence-corrected chi connectivity index (χ2v) is 5.09. The van der Waals surface area contributed by atoms with Crippen molar-refractivity contribution >= 4 is 11.6 Å². The molecule has 0 saturated carbocycles. The van der Waals surface area contributed by atoms with Crippen LogP contribution in [0.2, 0.25) is 5.02 Å². The van der Waals surface area contributed by atoms with Crippen LogP contribution < -0.4 is 5.32 Å². The monoisotopic (exact) mass is 277 g/mol. The van der Waals surface area contributed by atoms with Gasteiger partial charge in [-0.2, -0.15) is 5.10 Å². The maximum absolute atomic E-state index is 9.15. The van der Waals surface area contributed by atoms with E-state index in [9.17, 15) is 0 Å². The molecule has 0 bridgehead atoms. The summed E-state index contributed by atoms with van der Waals surface area (Å²) in [5, 5.41) is 17.9. The van der Waals surface area contributed by atoms with E-state index in [-0.39, 0.29) is 6.61 Å². The van der Waals surface area contributed by atoms with Crippen molar-refractivity contribution in [3.63, 3.8) is 0 Å². The summed E-state index contributed by atoms with van der Waals surface area (Å²) in [6, 6.07) is 7.75. The maximum atomic E-state index is 9.15. The van der Waals surface area contributed by atoms with E-state index in [2.05, 4.69) is 10.4 Å². The lowest BCUT2D eigenvalue weighted by Crippen LogP contribution is -2.25. The van der Waals surface area contributed by atoms with Gasteiger partial charge < -0.3 is 10.4 Å². The van der Waals surface area contributed by atoms with E-state index in [1.807, 2.05) is 28.9 Å². The fourth-order valence-electron chi connectivity index (χ4n) is 2.57. The van der Waals surface area contributed by atoms with Gasteiger partial charge in [0.2, 0.25) is 0 Å². The minimum atomic E-state index is 0.108. The Hall–Kier alpha value is -1.36. The van der Waals surface area contributed by atoms with Crippen LogP contribution in [-0.2, 0) is 19.5 Å². The molecule has 0 amide bonds. The number of hydrogen-bond donors (Lipinski definition) is 2. The van der Waals surface area contributed by atoms with Crippen LogP contribution in [0.25, 0.3) is 11.3 Å². The highest BCUT2D eigenvalue weighted by molar-refractivity contribution is 6.30. The highest BCUT2D eigenvalue weighted by Gasteiger charge is 2.21. The molecule has 4 nitrogen and oxygen atoms in total. The fourth-order valence-corrected chi connectivity index (χ4v) is 2.76. The summed E-state index contributed by atoms with van der Waals surface area (Å²) in [5.41, 5.74) is 4.45. The molecule has 1 aromatic heterocycles. The summed E-state index contributed by atoms with van der Waals surface area (Å²) in [5.74, 6) is 0. The predicted octanol–water partition coefficient (Wildman–Crippen LogP) is 1.84. The van der Waals surface area contributed by atoms with Crippen molar-refractivity contribution in [1.82, 2.24) is 15.1 Å². The summed E-state index contributed by atoms with van der Waals surface area (Å²) >= 11 is 6.06. The molecule has 1 aliphatic rings. The van der Waals surface area contributed by atoms with E-state index in [1.54, 1.807) is 0 Å². The van der Waals surface area contributed by atoms with Gasteiger partial charge in [0.05, 0.1) is 18.8 Å². The lowest BCUT2D eigenvalue weighted by atomic mass is 10.0. The Morgan fingerprint density at radius 3 is 3.11 bits per heavy atom. The van der Waals surface area contributed by atoms with Crippen LogP contribution in [-0.4, -0.2) is 28.0 Å². The first kappa shape index (κ1) is 12.7. The Labute approximate surface area is 117 Å². The normalized spacial score (nSPS) is 14.4. The summed E-state index contributed by atoms with van der Waals surface area (Å²) in [6.45, 7) is 2.43. The average molecular weight is 278 g/mol. The van der Waals surface area contributed by atoms with Crippen molar-refractivity contribution in [2.24, 2.45) is 0 Å². The topological polar surface area (TPSA) is 50.1 Å². The maximum Gasteiger partial charge on any atom is 0.0971 e. The first-order valence-corrected chi connectivity index (χ1v) is 6.83. The number of nitrogens with one attached hydrogen (secondary N) is 1. The second-order valence-electron chi connectivity index (χ2n) is 4.66. The van der Waals surface area contributed by atoms with Gasteiger partial charge in [-0.15, -0.1) is 0 Å². The molecule has 0 saturated heterocycles. The van der Waals surface area contributed by atoms with E-state index in [4.69, 9.17) is 16.7 Å². The number of fused-ring (bicyclic) bond motifs is 1. The first-order chi connectivity index (χ1) is 9.29. The number of aliphatic hydroxyl groups is 1. The SMILES string of the molecule is OCCn1nc(-c2cccc(Cl)c2)c2c1CCNC2. The third-order valence-electron chi connectivity index (χ3n) is 3.42. The van der Waals surface area contributed by atoms with Crippen molar-refractivity contribution in [2.45, 2.75) is 19.5 Å². The van der Waals surface area contributed by atoms with Gasteiger partial charge in [-0.3, -0.25) is 4.68 Å². The van der Waals surface area contributed by atoms with Crippen LogP contribution in [0.15, 0.2) is 24.3 Å². The molecule has 19 heavy (non-hydrogen) atoms. The zero-order chi connectivity index (χ0) is 13.2. The molecule has 0 unspecified atom stereocenters. The molecule has 100 valence electrons. The summed E-state index contributed by atoms with van der Waals surface area (Å²) < 4.78 is 1.92. The number of benzene rings is 1. The summed E-state index contributed by atoms with van der Waals surface area (Å²) in [4.78, 5) is 0. The number of halogens is 1. The van der Waals surface area contributed by atoms with E-state index < -0.39 is 0 Å². The van der Waals surface area contributed by atoms with Crippen LogP contribution in [0.1, 0.15) is 11.3 Å². The molecule has 0 atom stereocenters. The Balaban J connectivity index is 2.10. The Morgan fingerprint density at radius 2 is 2.32 bits per heavy atom. The Morgan fingerprint density at radius 1 is 1.42 bits per heavy atom. The average Bonchev–Trinajstić information content (AvgIpc) is 2.79. The van der Waals surface area contributed by atoms with Crippen molar-refractivity contribution in [2.75, 3.05) is 13.2 Å². The van der Waals surface area contributed by atoms with Crippen molar-refractivity contribution in [3.8, 4) is 11.3 Å². The lowest BCUT2D eigenvalue weighted by molar-refractivity contribution is 0.267. The molecular weight excluding hydrogens is 262 g/mol. The van der Waals surface area contributed by atoms with Gasteiger partial charge >= 0.3 is 0 Å². The molecule has 5 heteroatoms. The van der Waals surface area contributed by atoms with Gasteiger partial charge in [-0.1, -0.05) is 23.7 Å². The number of rotatable bonds is 3. The highest BCUT2D eigenvalue weighted by atomic mass is 35.5. The molecule has 0 spiro atoms. The molecule has 2 aromatic rings. The highest BCUT2D eigenvalue weighted by Crippen LogP contribution is 2.29. The summed E-state index contributed by atoms with van der Waals surface area (Å²) in [6.07, 6.45) is 0.947. The molecule has 1 aliphatic heterocycles. The van der Waals surface area contributed by atoms with E-state index >= 15 is 0 Å². The second kappa shape index (κ2) is 5.33. The molecule has 0 fully saturated rings. The number of aliphatic hydroxyl groups excluding tert-OH is 1. The quantitative estimate of drug-likeness (QED) is 0.900. The first-order valence-electron chi connectivity index (χ1n) is 6.45. The van der Waals surface area contributed by atoms with Gasteiger partial charge in [0.15, 0.2) is 0 Å². The Kier molecular flexibility index (Phi) is 3.55. The van der Waals surface area contributed by atoms with Crippen LogP contribution in [0.4, 0.5) is 0 Å². The van der Waals surface area contributed by atoms with Crippen molar-refractivity contribution < 1.29 is 5.11 Å². The van der Waals surface area contributed by atoms with E-state index in [0.29, 0.717) is 11.6 Å². The lowest BCUT2D eigenvalue weighted by Gasteiger charge is -2.15. The number of nitrogens with zero attached hydrogens (tertiary/aromatic N) is 2. The minimum absolute atomic E-state index is 0.108. The van der Waals surface area contributed by atoms with Crippen molar-refractivity contribution in [3.05, 3.63) is 40.5 Å². The standard InChI is InChI=1S/C14H16ClN3O/c15-11-3-1-2-10(8-11)14-12-9-16-5-4-13(12)18(17-14)6-7-19/h1-3,8,16,19H,4-7,9H2. The van der Waals surface area contributed by atoms with Crippen LogP contribution >= 0.6 is 11.6 Å². The van der Waals surface area contributed by atoms with E-state index in [1.165, 1.54) is 11.3 Å². The van der Waals surface area contributed by atoms with E-state index in [0.717, 1.165) is 30.8 Å². The van der Waals surface area contributed by atoms with Gasteiger partial charge in [-0.05, 0) is 12.1 Å². The molecule has 1 aromatic carbocycles. The van der Waals surface area contributed by atoms with Gasteiger partial charge in [-0.25, -0.2) is 0 Å². The van der Waals surface area contributed by atoms with Crippen molar-refractivity contribution in [1.29, 1.82) is 0 Å². The molecular formula is C14H16ClN3O. The van der Waals surface area contributed by atoms with Crippen LogP contribution in [0.5, 0.6) is 0 Å². The molecule has 2 N–H and O–H groups in total. The third-order valence-corrected chi connectivity index (χ3v) is 3.65. The fraction of sp³-hybridized carbons (Fsp3) is 0.357. The minimum Gasteiger partial charge on any atom is -0.394 e. The van der Waals surface area contributed by atoms with Gasteiger partial charge in [0, 0.05) is 41.4 Å². The largest absolute Gasteiger partial charge is 0.394 e. The van der Waals surface area contributed by atoms with Gasteiger partial charge in [0.25, 0.3) is 0 Å². The zero-order valence-electron chi connectivity index (χ0n) is 10.6. The smallest absolute Gasteiger partial charge is 0.0971 e. The molecule has 3 rings (SSSR count). The summed E-state index contributed by atoms with van der Waals surface area (Å²) in [7, 11) is 0. The Bertz CT molecular complexity index is 594. The molecule has 0 aliphatic carbocycles.